The van der Waals surface area contributed by atoms with Crippen molar-refractivity contribution >= 4 is 13.3 Å². The minimum absolute atomic E-state index is 0.231. The lowest BCUT2D eigenvalue weighted by Crippen LogP contribution is -2.16. The fourth-order valence-corrected chi connectivity index (χ4v) is 3.88. The van der Waals surface area contributed by atoms with Gasteiger partial charge in [-0.3, -0.25) is 4.57 Å². The highest BCUT2D eigenvalue weighted by molar-refractivity contribution is 7.53. The monoisotopic (exact) mass is 297 g/mol. The Morgan fingerprint density at radius 3 is 2.50 bits per heavy atom. The normalized spacial score (nSPS) is 18.7. The summed E-state index contributed by atoms with van der Waals surface area (Å²) >= 11 is 0. The van der Waals surface area contributed by atoms with Crippen LogP contribution >= 0.6 is 7.60 Å². The van der Waals surface area contributed by atoms with Crippen molar-refractivity contribution in [1.29, 1.82) is 0 Å². The highest BCUT2D eigenvalue weighted by Crippen LogP contribution is 2.49. The van der Waals surface area contributed by atoms with E-state index in [1.54, 1.807) is 13.8 Å². The molecule has 6 heteroatoms. The molecule has 5 nitrogen and oxygen atoms in total. The van der Waals surface area contributed by atoms with Crippen LogP contribution in [-0.2, 0) is 18.5 Å². The lowest BCUT2D eigenvalue weighted by molar-refractivity contribution is 0.0934. The Bertz CT molecular complexity index is 493. The van der Waals surface area contributed by atoms with Crippen LogP contribution in [0.5, 0.6) is 0 Å². The van der Waals surface area contributed by atoms with Crippen molar-refractivity contribution in [3.63, 3.8) is 0 Å². The van der Waals surface area contributed by atoms with Crippen LogP contribution in [0.25, 0.3) is 0 Å². The van der Waals surface area contributed by atoms with E-state index in [4.69, 9.17) is 13.9 Å². The van der Waals surface area contributed by atoms with Crippen molar-refractivity contribution in [3.05, 3.63) is 35.9 Å². The van der Waals surface area contributed by atoms with Crippen molar-refractivity contribution in [2.75, 3.05) is 19.4 Å². The van der Waals surface area contributed by atoms with Gasteiger partial charge in [0, 0.05) is 6.42 Å². The smallest absolute Gasteiger partial charge is 0.334 e. The summed E-state index contributed by atoms with van der Waals surface area (Å²) in [5.74, 6) is 0. The standard InChI is InChI=1S/C14H20NO4P/c1-3-17-20(16,18-4-2)11-13-10-14(15-19-13)12-8-6-5-7-9-12/h5-9,13H,3-4,10-11H2,1-2H3. The second-order valence-electron chi connectivity index (χ2n) is 4.46. The molecule has 0 saturated heterocycles. The molecule has 0 amide bonds. The second kappa shape index (κ2) is 7.02. The molecule has 0 radical (unpaired) electrons. The summed E-state index contributed by atoms with van der Waals surface area (Å²) in [6.45, 7) is 4.31. The number of nitrogens with zero attached hydrogens (tertiary/aromatic N) is 1. The fraction of sp³-hybridized carbons (Fsp3) is 0.500. The van der Waals surface area contributed by atoms with Crippen molar-refractivity contribution in [3.8, 4) is 0 Å². The number of hydrogen-bond donors (Lipinski definition) is 0. The first kappa shape index (κ1) is 15.2. The third-order valence-corrected chi connectivity index (χ3v) is 5.08. The van der Waals surface area contributed by atoms with Gasteiger partial charge in [-0.25, -0.2) is 0 Å². The quantitative estimate of drug-likeness (QED) is 0.723. The van der Waals surface area contributed by atoms with Gasteiger partial charge in [0.2, 0.25) is 0 Å². The summed E-state index contributed by atoms with van der Waals surface area (Å²) < 4.78 is 23.0. The van der Waals surface area contributed by atoms with Crippen LogP contribution in [0.4, 0.5) is 0 Å². The Hall–Kier alpha value is -1.16. The van der Waals surface area contributed by atoms with Crippen LogP contribution in [0.3, 0.4) is 0 Å². The van der Waals surface area contributed by atoms with E-state index in [1.165, 1.54) is 0 Å². The van der Waals surface area contributed by atoms with Gasteiger partial charge in [-0.05, 0) is 19.4 Å². The summed E-state index contributed by atoms with van der Waals surface area (Å²) in [4.78, 5) is 5.36. The van der Waals surface area contributed by atoms with Crippen LogP contribution < -0.4 is 0 Å². The number of hydrogen-bond acceptors (Lipinski definition) is 5. The van der Waals surface area contributed by atoms with Gasteiger partial charge in [0.15, 0.2) is 0 Å². The van der Waals surface area contributed by atoms with Gasteiger partial charge in [0.25, 0.3) is 0 Å². The molecular weight excluding hydrogens is 277 g/mol. The molecule has 1 aromatic carbocycles. The molecule has 110 valence electrons. The molecule has 1 aliphatic heterocycles. The Morgan fingerprint density at radius 1 is 1.25 bits per heavy atom. The van der Waals surface area contributed by atoms with E-state index in [1.807, 2.05) is 30.3 Å². The number of benzene rings is 1. The number of oxime groups is 1. The first-order valence-corrected chi connectivity index (χ1v) is 8.56. The maximum atomic E-state index is 12.4. The SMILES string of the molecule is CCOP(=O)(CC1CC(c2ccccc2)=NO1)OCC. The zero-order valence-corrected chi connectivity index (χ0v) is 12.7. The van der Waals surface area contributed by atoms with Gasteiger partial charge in [0.1, 0.15) is 6.10 Å². The molecule has 2 rings (SSSR count). The first-order chi connectivity index (χ1) is 9.67. The maximum absolute atomic E-state index is 12.4. The molecule has 0 fully saturated rings. The maximum Gasteiger partial charge on any atom is 0.334 e. The molecular formula is C14H20NO4P. The first-order valence-electron chi connectivity index (χ1n) is 6.83. The molecule has 0 bridgehead atoms. The largest absolute Gasteiger partial charge is 0.391 e. The molecule has 1 unspecified atom stereocenters. The van der Waals surface area contributed by atoms with E-state index < -0.39 is 7.60 Å². The topological polar surface area (TPSA) is 57.1 Å². The van der Waals surface area contributed by atoms with Gasteiger partial charge < -0.3 is 13.9 Å². The molecule has 1 aliphatic rings. The minimum atomic E-state index is -3.08. The van der Waals surface area contributed by atoms with Crippen LogP contribution in [0.2, 0.25) is 0 Å². The molecule has 0 aromatic heterocycles. The highest BCUT2D eigenvalue weighted by atomic mass is 31.2. The Balaban J connectivity index is 1.96. The summed E-state index contributed by atoms with van der Waals surface area (Å²) in [5.41, 5.74) is 1.90. The average Bonchev–Trinajstić information content (AvgIpc) is 2.88. The summed E-state index contributed by atoms with van der Waals surface area (Å²) in [6, 6.07) is 9.83. The molecule has 20 heavy (non-hydrogen) atoms. The zero-order valence-electron chi connectivity index (χ0n) is 11.8. The Labute approximate surface area is 119 Å². The minimum Gasteiger partial charge on any atom is -0.391 e. The van der Waals surface area contributed by atoms with E-state index in [2.05, 4.69) is 5.16 Å². The molecule has 1 atom stereocenters. The summed E-state index contributed by atoms with van der Waals surface area (Å²) in [5, 5.41) is 4.08. The van der Waals surface area contributed by atoms with Crippen LogP contribution in [-0.4, -0.2) is 31.2 Å². The molecule has 1 heterocycles. The van der Waals surface area contributed by atoms with Gasteiger partial charge >= 0.3 is 7.60 Å². The highest BCUT2D eigenvalue weighted by Gasteiger charge is 2.33. The molecule has 1 aromatic rings. The molecule has 0 saturated carbocycles. The Kier molecular flexibility index (Phi) is 5.35. The van der Waals surface area contributed by atoms with Crippen LogP contribution in [0.15, 0.2) is 35.5 Å². The van der Waals surface area contributed by atoms with E-state index in [9.17, 15) is 4.57 Å². The van der Waals surface area contributed by atoms with Crippen LogP contribution in [0.1, 0.15) is 25.8 Å². The van der Waals surface area contributed by atoms with E-state index in [-0.39, 0.29) is 12.3 Å². The van der Waals surface area contributed by atoms with Crippen molar-refractivity contribution in [1.82, 2.24) is 0 Å². The van der Waals surface area contributed by atoms with Crippen molar-refractivity contribution in [2.45, 2.75) is 26.4 Å². The second-order valence-corrected chi connectivity index (χ2v) is 6.57. The predicted molar refractivity (Wildman–Crippen MR) is 78.2 cm³/mol. The Morgan fingerprint density at radius 2 is 1.90 bits per heavy atom. The zero-order chi connectivity index (χ0) is 14.4. The third-order valence-electron chi connectivity index (χ3n) is 2.92. The van der Waals surface area contributed by atoms with Gasteiger partial charge in [-0.2, -0.15) is 0 Å². The van der Waals surface area contributed by atoms with Crippen molar-refractivity contribution in [2.24, 2.45) is 5.16 Å². The average molecular weight is 297 g/mol. The fourth-order valence-electron chi connectivity index (χ4n) is 2.11. The summed E-state index contributed by atoms with van der Waals surface area (Å²) in [7, 11) is -3.08. The third kappa shape index (κ3) is 3.92. The molecule has 0 N–H and O–H groups in total. The summed E-state index contributed by atoms with van der Waals surface area (Å²) in [6.07, 6.45) is 0.594. The van der Waals surface area contributed by atoms with E-state index in [0.29, 0.717) is 19.6 Å². The lowest BCUT2D eigenvalue weighted by atomic mass is 10.1. The van der Waals surface area contributed by atoms with Gasteiger partial charge in [-0.15, -0.1) is 0 Å². The van der Waals surface area contributed by atoms with Crippen molar-refractivity contribution < 1.29 is 18.5 Å². The van der Waals surface area contributed by atoms with Crippen LogP contribution in [0, 0.1) is 0 Å². The van der Waals surface area contributed by atoms with E-state index >= 15 is 0 Å². The predicted octanol–water partition coefficient (Wildman–Crippen LogP) is 3.45. The van der Waals surface area contributed by atoms with E-state index in [0.717, 1.165) is 11.3 Å². The van der Waals surface area contributed by atoms with Gasteiger partial charge in [-0.1, -0.05) is 35.5 Å². The lowest BCUT2D eigenvalue weighted by Gasteiger charge is -2.19. The van der Waals surface area contributed by atoms with Gasteiger partial charge in [0.05, 0.1) is 25.1 Å². The number of rotatable bonds is 7. The molecule has 0 spiro atoms. The molecule has 0 aliphatic carbocycles.